The number of ether oxygens (including phenoxy) is 1. The van der Waals surface area contributed by atoms with Crippen LogP contribution in [0.5, 0.6) is 5.75 Å². The van der Waals surface area contributed by atoms with Gasteiger partial charge in [-0.25, -0.2) is 4.98 Å². The minimum atomic E-state index is -0.257. The molecule has 1 aromatic carbocycles. The van der Waals surface area contributed by atoms with E-state index in [1.54, 1.807) is 30.6 Å². The molecular formula is C21H26ClN5O3. The van der Waals surface area contributed by atoms with Crippen LogP contribution in [-0.2, 0) is 21.5 Å². The molecule has 2 aliphatic heterocycles. The number of amides is 2. The molecule has 2 amide bonds. The van der Waals surface area contributed by atoms with Gasteiger partial charge in [0.05, 0.1) is 17.6 Å². The number of fused-ring (bicyclic) bond motifs is 2. The highest BCUT2D eigenvalue weighted by molar-refractivity contribution is 6.30. The monoisotopic (exact) mass is 431 g/mol. The second kappa shape index (κ2) is 9.06. The van der Waals surface area contributed by atoms with E-state index in [2.05, 4.69) is 20.6 Å². The summed E-state index contributed by atoms with van der Waals surface area (Å²) >= 11 is 5.82. The first-order chi connectivity index (χ1) is 14.6. The number of H-pyrrole nitrogens is 1. The van der Waals surface area contributed by atoms with Gasteiger partial charge in [-0.3, -0.25) is 9.59 Å². The van der Waals surface area contributed by atoms with Crippen LogP contribution in [0.2, 0.25) is 5.02 Å². The summed E-state index contributed by atoms with van der Waals surface area (Å²) in [6.07, 6.45) is 4.69. The van der Waals surface area contributed by atoms with Crippen molar-refractivity contribution in [2.75, 3.05) is 32.8 Å². The lowest BCUT2D eigenvalue weighted by Crippen LogP contribution is -2.55. The van der Waals surface area contributed by atoms with Gasteiger partial charge in [-0.15, -0.1) is 0 Å². The SMILES string of the molecule is O=C(COc1ccc(Cl)cc1)NCCC(=O)N1CCC2(CC1)NCCc1[nH]cnc12. The van der Waals surface area contributed by atoms with Crippen LogP contribution >= 0.6 is 11.6 Å². The number of nitrogens with one attached hydrogen (secondary N) is 3. The average Bonchev–Trinajstić information content (AvgIpc) is 3.24. The maximum absolute atomic E-state index is 12.5. The molecule has 1 saturated heterocycles. The third-order valence-corrected chi connectivity index (χ3v) is 6.08. The van der Waals surface area contributed by atoms with Crippen molar-refractivity contribution >= 4 is 23.4 Å². The molecule has 0 aliphatic carbocycles. The van der Waals surface area contributed by atoms with Gasteiger partial charge in [-0.1, -0.05) is 11.6 Å². The molecule has 0 saturated carbocycles. The number of rotatable bonds is 6. The average molecular weight is 432 g/mol. The Morgan fingerprint density at radius 2 is 2.00 bits per heavy atom. The van der Waals surface area contributed by atoms with Crippen LogP contribution in [0.3, 0.4) is 0 Å². The van der Waals surface area contributed by atoms with Gasteiger partial charge < -0.3 is 25.3 Å². The van der Waals surface area contributed by atoms with Crippen LogP contribution in [0.1, 0.15) is 30.7 Å². The molecule has 0 radical (unpaired) electrons. The highest BCUT2D eigenvalue weighted by Gasteiger charge is 2.41. The molecule has 0 unspecified atom stereocenters. The number of aromatic amines is 1. The first-order valence-electron chi connectivity index (χ1n) is 10.3. The van der Waals surface area contributed by atoms with Gasteiger partial charge in [0.15, 0.2) is 6.61 Å². The number of hydrogen-bond acceptors (Lipinski definition) is 5. The summed E-state index contributed by atoms with van der Waals surface area (Å²) in [7, 11) is 0. The minimum absolute atomic E-state index is 0.0573. The molecule has 2 aliphatic rings. The third kappa shape index (κ3) is 4.60. The maximum Gasteiger partial charge on any atom is 0.257 e. The van der Waals surface area contributed by atoms with Crippen LogP contribution in [-0.4, -0.2) is 59.5 Å². The second-order valence-electron chi connectivity index (χ2n) is 7.71. The standard InChI is InChI=1S/C21H26ClN5O3/c22-15-1-3-16(4-2-15)30-13-18(28)23-9-6-19(29)27-11-7-21(8-12-27)20-17(5-10-26-21)24-14-25-20/h1-4,14,26H,5-13H2,(H,23,28)(H,24,25). The number of carbonyl (C=O) groups excluding carboxylic acids is 2. The summed E-state index contributed by atoms with van der Waals surface area (Å²) < 4.78 is 5.40. The number of nitrogens with zero attached hydrogens (tertiary/aromatic N) is 2. The summed E-state index contributed by atoms with van der Waals surface area (Å²) in [5, 5.41) is 6.97. The topological polar surface area (TPSA) is 99.4 Å². The Morgan fingerprint density at radius 1 is 1.23 bits per heavy atom. The first-order valence-corrected chi connectivity index (χ1v) is 10.6. The highest BCUT2D eigenvalue weighted by atomic mass is 35.5. The Morgan fingerprint density at radius 3 is 2.77 bits per heavy atom. The second-order valence-corrected chi connectivity index (χ2v) is 8.15. The number of aromatic nitrogens is 2. The van der Waals surface area contributed by atoms with E-state index in [1.807, 2.05) is 4.90 Å². The van der Waals surface area contributed by atoms with Crippen molar-refractivity contribution in [3.8, 4) is 5.75 Å². The van der Waals surface area contributed by atoms with Crippen molar-refractivity contribution in [2.45, 2.75) is 31.2 Å². The molecule has 0 atom stereocenters. The van der Waals surface area contributed by atoms with Crippen molar-refractivity contribution in [1.29, 1.82) is 0 Å². The zero-order valence-corrected chi connectivity index (χ0v) is 17.5. The summed E-state index contributed by atoms with van der Waals surface area (Å²) in [6, 6.07) is 6.81. The molecule has 1 aromatic heterocycles. The Bertz CT molecular complexity index is 890. The largest absolute Gasteiger partial charge is 0.484 e. The van der Waals surface area contributed by atoms with Crippen molar-refractivity contribution < 1.29 is 14.3 Å². The van der Waals surface area contributed by atoms with E-state index in [0.29, 0.717) is 30.4 Å². The van der Waals surface area contributed by atoms with Crippen molar-refractivity contribution in [1.82, 2.24) is 25.5 Å². The predicted octanol–water partition coefficient (Wildman–Crippen LogP) is 1.61. The van der Waals surface area contributed by atoms with E-state index in [0.717, 1.165) is 31.5 Å². The summed E-state index contributed by atoms with van der Waals surface area (Å²) in [4.78, 5) is 34.1. The Balaban J connectivity index is 1.18. The van der Waals surface area contributed by atoms with Gasteiger partial charge >= 0.3 is 0 Å². The Hall–Kier alpha value is -2.58. The fourth-order valence-corrected chi connectivity index (χ4v) is 4.31. The van der Waals surface area contributed by atoms with E-state index in [1.165, 1.54) is 5.69 Å². The fraction of sp³-hybridized carbons (Fsp3) is 0.476. The third-order valence-electron chi connectivity index (χ3n) is 5.82. The molecule has 1 spiro atoms. The van der Waals surface area contributed by atoms with Gasteiger partial charge in [-0.05, 0) is 37.1 Å². The fourth-order valence-electron chi connectivity index (χ4n) is 4.18. The Labute approximate surface area is 180 Å². The van der Waals surface area contributed by atoms with E-state index >= 15 is 0 Å². The molecule has 3 N–H and O–H groups in total. The van der Waals surface area contributed by atoms with E-state index in [9.17, 15) is 9.59 Å². The van der Waals surface area contributed by atoms with Gasteiger partial charge in [0.25, 0.3) is 5.91 Å². The number of imidazole rings is 1. The van der Waals surface area contributed by atoms with Crippen LogP contribution < -0.4 is 15.4 Å². The summed E-state index contributed by atoms with van der Waals surface area (Å²) in [6.45, 7) is 2.50. The molecule has 30 heavy (non-hydrogen) atoms. The number of benzene rings is 1. The molecule has 4 rings (SSSR count). The van der Waals surface area contributed by atoms with Crippen molar-refractivity contribution in [2.24, 2.45) is 0 Å². The lowest BCUT2D eigenvalue weighted by molar-refractivity contribution is -0.133. The van der Waals surface area contributed by atoms with Crippen LogP contribution in [0.4, 0.5) is 0 Å². The van der Waals surface area contributed by atoms with Crippen LogP contribution in [0.25, 0.3) is 0 Å². The predicted molar refractivity (Wildman–Crippen MR) is 112 cm³/mol. The van der Waals surface area contributed by atoms with Crippen molar-refractivity contribution in [3.63, 3.8) is 0 Å². The normalized spacial score (nSPS) is 17.4. The smallest absolute Gasteiger partial charge is 0.257 e. The highest BCUT2D eigenvalue weighted by Crippen LogP contribution is 2.35. The van der Waals surface area contributed by atoms with E-state index < -0.39 is 0 Å². The van der Waals surface area contributed by atoms with Gasteiger partial charge in [-0.2, -0.15) is 0 Å². The zero-order valence-electron chi connectivity index (χ0n) is 16.7. The van der Waals surface area contributed by atoms with Crippen molar-refractivity contribution in [3.05, 3.63) is 47.0 Å². The minimum Gasteiger partial charge on any atom is -0.484 e. The van der Waals surface area contributed by atoms with E-state index in [-0.39, 0.29) is 30.4 Å². The molecule has 9 heteroatoms. The lowest BCUT2D eigenvalue weighted by atomic mass is 9.80. The zero-order chi connectivity index (χ0) is 21.0. The number of hydrogen-bond donors (Lipinski definition) is 3. The molecule has 2 aromatic rings. The quantitative estimate of drug-likeness (QED) is 0.645. The molecule has 3 heterocycles. The summed E-state index contributed by atoms with van der Waals surface area (Å²) in [5.74, 6) is 0.374. The first kappa shape index (κ1) is 20.7. The van der Waals surface area contributed by atoms with Gasteiger partial charge in [0, 0.05) is 49.7 Å². The molecule has 8 nitrogen and oxygen atoms in total. The number of halogens is 1. The molecule has 0 bridgehead atoms. The van der Waals surface area contributed by atoms with Crippen LogP contribution in [0.15, 0.2) is 30.6 Å². The van der Waals surface area contributed by atoms with E-state index in [4.69, 9.17) is 16.3 Å². The number of carbonyl (C=O) groups is 2. The lowest BCUT2D eigenvalue weighted by Gasteiger charge is -2.44. The molecule has 160 valence electrons. The Kier molecular flexibility index (Phi) is 6.24. The van der Waals surface area contributed by atoms with Gasteiger partial charge in [0.1, 0.15) is 5.75 Å². The number of likely N-dealkylation sites (tertiary alicyclic amines) is 1. The molecule has 1 fully saturated rings. The van der Waals surface area contributed by atoms with Crippen LogP contribution in [0, 0.1) is 0 Å². The van der Waals surface area contributed by atoms with Gasteiger partial charge in [0.2, 0.25) is 5.91 Å². The number of piperidine rings is 1. The maximum atomic E-state index is 12.5. The summed E-state index contributed by atoms with van der Waals surface area (Å²) in [5.41, 5.74) is 2.18. The molecular weight excluding hydrogens is 406 g/mol.